The summed E-state index contributed by atoms with van der Waals surface area (Å²) in [6, 6.07) is 0. The van der Waals surface area contributed by atoms with Crippen LogP contribution in [0.15, 0.2) is 23.8 Å². The van der Waals surface area contributed by atoms with E-state index in [1.165, 1.54) is 0 Å². The third kappa shape index (κ3) is 1.73. The Morgan fingerprint density at radius 1 is 1.33 bits per heavy atom. The summed E-state index contributed by atoms with van der Waals surface area (Å²) in [5.41, 5.74) is -2.50. The Balaban J connectivity index is 1.60. The number of hydrogen-bond donors (Lipinski definition) is 3. The van der Waals surface area contributed by atoms with E-state index in [0.717, 1.165) is 18.4 Å². The zero-order valence-corrected chi connectivity index (χ0v) is 15.6. The maximum Gasteiger partial charge on any atom is 0.192 e. The van der Waals surface area contributed by atoms with Crippen LogP contribution < -0.4 is 0 Å². The monoisotopic (exact) mass is 374 g/mol. The molecule has 5 aliphatic rings. The fraction of sp³-hybridized carbons (Fsp3) is 0.714. The molecule has 1 aliphatic heterocycles. The maximum atomic E-state index is 12.5. The van der Waals surface area contributed by atoms with Crippen LogP contribution in [-0.4, -0.2) is 56.9 Å². The molecule has 0 aromatic rings. The third-order valence-electron chi connectivity index (χ3n) is 8.72. The van der Waals surface area contributed by atoms with Gasteiger partial charge in [0.15, 0.2) is 17.2 Å². The molecule has 0 aromatic heterocycles. The fourth-order valence-electron chi connectivity index (χ4n) is 7.29. The Morgan fingerprint density at radius 2 is 2.07 bits per heavy atom. The molecule has 0 bridgehead atoms. The second kappa shape index (κ2) is 4.98. The van der Waals surface area contributed by atoms with Crippen molar-refractivity contribution in [2.45, 2.75) is 62.9 Å². The molecule has 1 heterocycles. The molecule has 1 saturated heterocycles. The summed E-state index contributed by atoms with van der Waals surface area (Å²) in [6.07, 6.45) is 6.33. The smallest absolute Gasteiger partial charge is 0.192 e. The highest BCUT2D eigenvalue weighted by atomic mass is 16.6. The highest BCUT2D eigenvalue weighted by Gasteiger charge is 2.82. The second-order valence-electron chi connectivity index (χ2n) is 9.48. The number of ketones is 2. The third-order valence-corrected chi connectivity index (χ3v) is 8.72. The minimum Gasteiger partial charge on any atom is -0.390 e. The van der Waals surface area contributed by atoms with E-state index < -0.39 is 35.1 Å². The van der Waals surface area contributed by atoms with E-state index in [1.807, 2.05) is 13.0 Å². The van der Waals surface area contributed by atoms with Gasteiger partial charge in [-0.15, -0.1) is 0 Å². The van der Waals surface area contributed by atoms with Crippen LogP contribution in [0.3, 0.4) is 0 Å². The minimum absolute atomic E-state index is 0.00868. The van der Waals surface area contributed by atoms with Crippen molar-refractivity contribution in [1.82, 2.24) is 0 Å². The standard InChI is InChI=1S/C21H26O6/c1-18-6-5-12(23)7-11(18)3-4-13-14-8-15(24)20(26,16(25)10-22)19(14,2)9-17-21(13,18)27-17/h5-7,13-15,17,22,24,26H,3-4,8-10H2,1-2H3/t13?,14?,15?,17?,18-,19-,20-,21+/m0/s1. The van der Waals surface area contributed by atoms with Gasteiger partial charge in [-0.25, -0.2) is 0 Å². The first-order valence-electron chi connectivity index (χ1n) is 9.82. The molecule has 6 heteroatoms. The lowest BCUT2D eigenvalue weighted by atomic mass is 9.47. The Morgan fingerprint density at radius 3 is 2.78 bits per heavy atom. The number of carbonyl (C=O) groups is 2. The van der Waals surface area contributed by atoms with Gasteiger partial charge in [0.25, 0.3) is 0 Å². The van der Waals surface area contributed by atoms with Gasteiger partial charge in [-0.3, -0.25) is 9.59 Å². The van der Waals surface area contributed by atoms with Gasteiger partial charge in [0, 0.05) is 10.8 Å². The van der Waals surface area contributed by atoms with Gasteiger partial charge < -0.3 is 20.1 Å². The van der Waals surface area contributed by atoms with Crippen molar-refractivity contribution in [3.8, 4) is 0 Å². The zero-order chi connectivity index (χ0) is 19.4. The van der Waals surface area contributed by atoms with E-state index >= 15 is 0 Å². The largest absolute Gasteiger partial charge is 0.390 e. The average molecular weight is 374 g/mol. The van der Waals surface area contributed by atoms with Crippen molar-refractivity contribution in [2.75, 3.05) is 6.61 Å². The van der Waals surface area contributed by atoms with E-state index in [-0.39, 0.29) is 29.1 Å². The molecule has 5 rings (SSSR count). The molecule has 0 amide bonds. The summed E-state index contributed by atoms with van der Waals surface area (Å²) < 4.78 is 6.35. The van der Waals surface area contributed by atoms with E-state index in [0.29, 0.717) is 12.8 Å². The van der Waals surface area contributed by atoms with Crippen molar-refractivity contribution >= 4 is 11.6 Å². The van der Waals surface area contributed by atoms with E-state index in [2.05, 4.69) is 6.92 Å². The molecule has 146 valence electrons. The van der Waals surface area contributed by atoms with Gasteiger partial charge in [0.1, 0.15) is 12.2 Å². The number of allylic oxidation sites excluding steroid dienone is 2. The van der Waals surface area contributed by atoms with Crippen LogP contribution in [0, 0.1) is 22.7 Å². The van der Waals surface area contributed by atoms with Crippen LogP contribution in [0.25, 0.3) is 0 Å². The summed E-state index contributed by atoms with van der Waals surface area (Å²) in [7, 11) is 0. The topological polar surface area (TPSA) is 107 Å². The van der Waals surface area contributed by atoms with E-state index in [9.17, 15) is 24.9 Å². The zero-order valence-electron chi connectivity index (χ0n) is 15.6. The molecule has 4 aliphatic carbocycles. The highest BCUT2D eigenvalue weighted by Crippen LogP contribution is 2.75. The summed E-state index contributed by atoms with van der Waals surface area (Å²) in [5.74, 6) is -0.708. The number of hydrogen-bond acceptors (Lipinski definition) is 6. The van der Waals surface area contributed by atoms with Crippen LogP contribution in [0.5, 0.6) is 0 Å². The van der Waals surface area contributed by atoms with Gasteiger partial charge >= 0.3 is 0 Å². The number of ether oxygens (including phenoxy) is 1. The number of carbonyl (C=O) groups excluding carboxylic acids is 2. The molecule has 27 heavy (non-hydrogen) atoms. The molecule has 1 spiro atoms. The molecule has 6 nitrogen and oxygen atoms in total. The quantitative estimate of drug-likeness (QED) is 0.614. The average Bonchev–Trinajstić information content (AvgIpc) is 3.31. The van der Waals surface area contributed by atoms with E-state index in [1.54, 1.807) is 12.2 Å². The van der Waals surface area contributed by atoms with Crippen molar-refractivity contribution < 1.29 is 29.6 Å². The number of aliphatic hydroxyl groups is 3. The predicted octanol–water partition coefficient (Wildman–Crippen LogP) is 0.689. The molecule has 0 aromatic carbocycles. The normalized spacial score (nSPS) is 55.1. The summed E-state index contributed by atoms with van der Waals surface area (Å²) >= 11 is 0. The molecule has 8 atom stereocenters. The molecular weight excluding hydrogens is 348 g/mol. The number of Topliss-reactive ketones (excluding diaryl/α,β-unsaturated/α-hetero) is 1. The second-order valence-corrected chi connectivity index (χ2v) is 9.48. The van der Waals surface area contributed by atoms with Crippen molar-refractivity contribution in [1.29, 1.82) is 0 Å². The first-order chi connectivity index (χ1) is 12.6. The Kier molecular flexibility index (Phi) is 3.27. The van der Waals surface area contributed by atoms with Crippen LogP contribution in [0.2, 0.25) is 0 Å². The number of rotatable bonds is 2. The van der Waals surface area contributed by atoms with Gasteiger partial charge in [0.05, 0.1) is 12.2 Å². The lowest BCUT2D eigenvalue weighted by Crippen LogP contribution is -2.63. The lowest BCUT2D eigenvalue weighted by molar-refractivity contribution is -0.173. The molecular formula is C21H26O6. The predicted molar refractivity (Wildman–Crippen MR) is 94.5 cm³/mol. The lowest BCUT2D eigenvalue weighted by Gasteiger charge is -2.55. The van der Waals surface area contributed by atoms with Gasteiger partial charge in [0.2, 0.25) is 0 Å². The SMILES string of the molecule is C[C@]12C=CC(=O)C=C1CCC1C3CC(O)[C@](O)(C(=O)CO)[C@@]3(C)CC3O[C@@]312. The Bertz CT molecular complexity index is 815. The number of fused-ring (bicyclic) bond motifs is 3. The van der Waals surface area contributed by atoms with Gasteiger partial charge in [-0.05, 0) is 56.6 Å². The van der Waals surface area contributed by atoms with Crippen molar-refractivity contribution in [2.24, 2.45) is 22.7 Å². The van der Waals surface area contributed by atoms with Crippen molar-refractivity contribution in [3.63, 3.8) is 0 Å². The highest BCUT2D eigenvalue weighted by molar-refractivity contribution is 6.01. The molecule has 3 saturated carbocycles. The molecule has 4 fully saturated rings. The first-order valence-corrected chi connectivity index (χ1v) is 9.82. The van der Waals surface area contributed by atoms with E-state index in [4.69, 9.17) is 4.74 Å². The fourth-order valence-corrected chi connectivity index (χ4v) is 7.29. The maximum absolute atomic E-state index is 12.5. The summed E-state index contributed by atoms with van der Waals surface area (Å²) in [5, 5.41) is 31.3. The van der Waals surface area contributed by atoms with Crippen LogP contribution in [-0.2, 0) is 14.3 Å². The van der Waals surface area contributed by atoms with Crippen LogP contribution in [0.1, 0.15) is 39.5 Å². The first kappa shape index (κ1) is 17.7. The summed E-state index contributed by atoms with van der Waals surface area (Å²) in [6.45, 7) is 3.20. The molecule has 0 radical (unpaired) electrons. The Labute approximate surface area is 157 Å². The molecule has 3 N–H and O–H groups in total. The molecule has 4 unspecified atom stereocenters. The number of epoxide rings is 1. The van der Waals surface area contributed by atoms with Crippen molar-refractivity contribution in [3.05, 3.63) is 23.8 Å². The van der Waals surface area contributed by atoms with Gasteiger partial charge in [-0.1, -0.05) is 18.6 Å². The minimum atomic E-state index is -1.94. The number of aliphatic hydroxyl groups excluding tert-OH is 2. The van der Waals surface area contributed by atoms with Crippen LogP contribution >= 0.6 is 0 Å². The summed E-state index contributed by atoms with van der Waals surface area (Å²) in [4.78, 5) is 24.3. The van der Waals surface area contributed by atoms with Crippen LogP contribution in [0.4, 0.5) is 0 Å². The Hall–Kier alpha value is -1.34. The van der Waals surface area contributed by atoms with Gasteiger partial charge in [-0.2, -0.15) is 0 Å².